The monoisotopic (exact) mass is 396 g/mol. The molecule has 0 saturated heterocycles. The lowest BCUT2D eigenvalue weighted by atomic mass is 10.2. The molecule has 0 spiro atoms. The Morgan fingerprint density at radius 2 is 1.86 bits per heavy atom. The number of nitro groups is 1. The molecule has 0 aliphatic heterocycles. The van der Waals surface area contributed by atoms with Gasteiger partial charge in [-0.2, -0.15) is 9.78 Å². The molecule has 28 heavy (non-hydrogen) atoms. The molecule has 3 heterocycles. The summed E-state index contributed by atoms with van der Waals surface area (Å²) >= 11 is 1.42. The Labute approximate surface area is 163 Å². The second kappa shape index (κ2) is 7.96. The summed E-state index contributed by atoms with van der Waals surface area (Å²) in [6.07, 6.45) is 4.07. The Kier molecular flexibility index (Phi) is 5.06. The van der Waals surface area contributed by atoms with Crippen LogP contribution in [0.1, 0.15) is 10.6 Å². The van der Waals surface area contributed by atoms with Crippen molar-refractivity contribution in [2.75, 3.05) is 5.32 Å². The number of hydrogen-bond acceptors (Lipinski definition) is 8. The minimum atomic E-state index is -0.513. The van der Waals surface area contributed by atoms with Gasteiger partial charge in [-0.1, -0.05) is 41.7 Å². The first-order chi connectivity index (χ1) is 13.7. The van der Waals surface area contributed by atoms with E-state index in [0.29, 0.717) is 30.5 Å². The number of nitrogens with one attached hydrogen (secondary N) is 1. The van der Waals surface area contributed by atoms with Gasteiger partial charge >= 0.3 is 5.82 Å². The number of aromatic nitrogens is 6. The summed E-state index contributed by atoms with van der Waals surface area (Å²) in [4.78, 5) is 10.1. The minimum absolute atomic E-state index is 0.161. The minimum Gasteiger partial charge on any atom is -0.358 e. The van der Waals surface area contributed by atoms with E-state index in [0.717, 1.165) is 5.01 Å². The molecule has 0 atom stereocenters. The third-order valence-corrected chi connectivity index (χ3v) is 4.80. The largest absolute Gasteiger partial charge is 0.389 e. The predicted molar refractivity (Wildman–Crippen MR) is 104 cm³/mol. The molecule has 4 aromatic rings. The molecule has 0 aliphatic carbocycles. The second-order valence-electron chi connectivity index (χ2n) is 5.95. The van der Waals surface area contributed by atoms with Gasteiger partial charge in [-0.3, -0.25) is 4.68 Å². The molecule has 0 unspecified atom stereocenters. The molecule has 10 nitrogen and oxygen atoms in total. The molecule has 4 rings (SSSR count). The Balaban J connectivity index is 1.32. The van der Waals surface area contributed by atoms with Crippen LogP contribution in [0.15, 0.2) is 54.9 Å². The second-order valence-corrected chi connectivity index (χ2v) is 7.02. The van der Waals surface area contributed by atoms with Gasteiger partial charge in [-0.15, -0.1) is 10.2 Å². The highest BCUT2D eigenvalue weighted by atomic mass is 32.1. The van der Waals surface area contributed by atoms with Gasteiger partial charge in [0, 0.05) is 18.7 Å². The number of aryl methyl sites for hydroxylation is 2. The Morgan fingerprint density at radius 1 is 1.04 bits per heavy atom. The first-order valence-electron chi connectivity index (χ1n) is 8.50. The van der Waals surface area contributed by atoms with Crippen molar-refractivity contribution in [2.24, 2.45) is 0 Å². The van der Waals surface area contributed by atoms with Crippen molar-refractivity contribution in [2.45, 2.75) is 19.5 Å². The standard InChI is InChI=1S/C17H16N8O2S/c26-25(27)15-7-10-23(22-15)11-8-16-19-20-17(28-16)18-14-6-9-24(21-14)12-13-4-2-1-3-5-13/h1-7,9-10H,8,11-12H2,(H,18,20,21). The van der Waals surface area contributed by atoms with E-state index < -0.39 is 4.92 Å². The van der Waals surface area contributed by atoms with Gasteiger partial charge in [-0.05, 0) is 10.5 Å². The number of hydrogen-bond donors (Lipinski definition) is 1. The van der Waals surface area contributed by atoms with Crippen LogP contribution >= 0.6 is 11.3 Å². The zero-order valence-corrected chi connectivity index (χ0v) is 15.5. The lowest BCUT2D eigenvalue weighted by Crippen LogP contribution is -2.02. The van der Waals surface area contributed by atoms with Crippen LogP contribution in [0.5, 0.6) is 0 Å². The van der Waals surface area contributed by atoms with Gasteiger partial charge in [0.25, 0.3) is 0 Å². The quantitative estimate of drug-likeness (QED) is 0.359. The van der Waals surface area contributed by atoms with E-state index in [1.807, 2.05) is 35.1 Å². The van der Waals surface area contributed by atoms with Gasteiger partial charge in [0.1, 0.15) is 5.01 Å². The highest BCUT2D eigenvalue weighted by Crippen LogP contribution is 2.20. The first kappa shape index (κ1) is 17.8. The van der Waals surface area contributed by atoms with Crippen LogP contribution in [0.25, 0.3) is 0 Å². The SMILES string of the molecule is O=[N+]([O-])c1ccn(CCc2nnc(Nc3ccn(Cc4ccccc4)n3)s2)n1. The average Bonchev–Trinajstić information content (AvgIpc) is 3.43. The molecule has 0 aliphatic rings. The Bertz CT molecular complexity index is 1070. The van der Waals surface area contributed by atoms with Crippen LogP contribution in [-0.4, -0.2) is 34.7 Å². The molecule has 11 heteroatoms. The van der Waals surface area contributed by atoms with E-state index in [2.05, 4.69) is 37.8 Å². The van der Waals surface area contributed by atoms with Gasteiger partial charge < -0.3 is 15.4 Å². The summed E-state index contributed by atoms with van der Waals surface area (Å²) in [5.74, 6) is 0.534. The van der Waals surface area contributed by atoms with E-state index in [4.69, 9.17) is 0 Å². The maximum absolute atomic E-state index is 10.7. The van der Waals surface area contributed by atoms with Crippen molar-refractivity contribution in [3.63, 3.8) is 0 Å². The van der Waals surface area contributed by atoms with Crippen LogP contribution in [0, 0.1) is 10.1 Å². The van der Waals surface area contributed by atoms with Crippen molar-refractivity contribution in [1.82, 2.24) is 29.8 Å². The predicted octanol–water partition coefficient (Wildman–Crippen LogP) is 2.87. The third-order valence-electron chi connectivity index (χ3n) is 3.90. The van der Waals surface area contributed by atoms with Crippen molar-refractivity contribution in [3.05, 3.63) is 75.5 Å². The lowest BCUT2D eigenvalue weighted by molar-refractivity contribution is -0.389. The van der Waals surface area contributed by atoms with Gasteiger partial charge in [0.05, 0.1) is 30.5 Å². The maximum Gasteiger partial charge on any atom is 0.389 e. The summed E-state index contributed by atoms with van der Waals surface area (Å²) in [6.45, 7) is 1.19. The van der Waals surface area contributed by atoms with E-state index >= 15 is 0 Å². The summed E-state index contributed by atoms with van der Waals surface area (Å²) < 4.78 is 3.38. The molecule has 0 radical (unpaired) electrons. The molecule has 1 N–H and O–H groups in total. The zero-order chi connectivity index (χ0) is 19.3. The third kappa shape index (κ3) is 4.38. The van der Waals surface area contributed by atoms with E-state index in [-0.39, 0.29) is 5.82 Å². The summed E-state index contributed by atoms with van der Waals surface area (Å²) in [6, 6.07) is 13.4. The highest BCUT2D eigenvalue weighted by Gasteiger charge is 2.12. The van der Waals surface area contributed by atoms with Crippen LogP contribution < -0.4 is 5.32 Å². The van der Waals surface area contributed by atoms with Gasteiger partial charge in [0.15, 0.2) is 5.82 Å². The number of rotatable bonds is 8. The Hall–Kier alpha value is -3.60. The highest BCUT2D eigenvalue weighted by molar-refractivity contribution is 7.15. The molecule has 0 fully saturated rings. The Morgan fingerprint density at radius 3 is 2.64 bits per heavy atom. The molecule has 1 aromatic carbocycles. The molecule has 0 amide bonds. The van der Waals surface area contributed by atoms with Gasteiger partial charge in [0.2, 0.25) is 5.13 Å². The van der Waals surface area contributed by atoms with Crippen LogP contribution in [0.2, 0.25) is 0 Å². The summed E-state index contributed by atoms with van der Waals surface area (Å²) in [7, 11) is 0. The fourth-order valence-corrected chi connectivity index (χ4v) is 3.32. The van der Waals surface area contributed by atoms with Gasteiger partial charge in [-0.25, -0.2) is 0 Å². The van der Waals surface area contributed by atoms with Crippen LogP contribution in [0.4, 0.5) is 16.8 Å². The fraction of sp³-hybridized carbons (Fsp3) is 0.176. The van der Waals surface area contributed by atoms with E-state index in [1.54, 1.807) is 6.20 Å². The molecule has 0 bridgehead atoms. The topological polar surface area (TPSA) is 117 Å². The average molecular weight is 396 g/mol. The van der Waals surface area contributed by atoms with Crippen LogP contribution in [0.3, 0.4) is 0 Å². The van der Waals surface area contributed by atoms with Crippen LogP contribution in [-0.2, 0) is 19.5 Å². The first-order valence-corrected chi connectivity index (χ1v) is 9.32. The summed E-state index contributed by atoms with van der Waals surface area (Å²) in [5, 5.41) is 31.9. The number of anilines is 2. The maximum atomic E-state index is 10.7. The van der Waals surface area contributed by atoms with Crippen molar-refractivity contribution < 1.29 is 4.92 Å². The van der Waals surface area contributed by atoms with E-state index in [1.165, 1.54) is 27.6 Å². The summed E-state index contributed by atoms with van der Waals surface area (Å²) in [5.41, 5.74) is 1.18. The normalized spacial score (nSPS) is 10.9. The van der Waals surface area contributed by atoms with E-state index in [9.17, 15) is 10.1 Å². The molecular weight excluding hydrogens is 380 g/mol. The van der Waals surface area contributed by atoms with Crippen molar-refractivity contribution in [3.8, 4) is 0 Å². The smallest absolute Gasteiger partial charge is 0.358 e. The van der Waals surface area contributed by atoms with Crippen molar-refractivity contribution >= 4 is 28.1 Å². The fourth-order valence-electron chi connectivity index (χ4n) is 2.58. The molecule has 3 aromatic heterocycles. The van der Waals surface area contributed by atoms with Crippen molar-refractivity contribution in [1.29, 1.82) is 0 Å². The number of nitrogens with zero attached hydrogens (tertiary/aromatic N) is 7. The molecule has 142 valence electrons. The molecular formula is C17H16N8O2S. The molecule has 0 saturated carbocycles. The number of benzene rings is 1. The zero-order valence-electron chi connectivity index (χ0n) is 14.7. The lowest BCUT2D eigenvalue weighted by Gasteiger charge is -2.01.